The number of rotatable bonds is 6. The highest BCUT2D eigenvalue weighted by molar-refractivity contribution is 5.98. The predicted molar refractivity (Wildman–Crippen MR) is 61.5 cm³/mol. The van der Waals surface area contributed by atoms with E-state index in [0.29, 0.717) is 0 Å². The van der Waals surface area contributed by atoms with Crippen molar-refractivity contribution in [3.05, 3.63) is 0 Å². The number of aliphatic hydroxyl groups is 4. The van der Waals surface area contributed by atoms with Crippen LogP contribution in [0.3, 0.4) is 0 Å². The quantitative estimate of drug-likeness (QED) is 0.291. The summed E-state index contributed by atoms with van der Waals surface area (Å²) in [6, 6.07) is -1.64. The van der Waals surface area contributed by atoms with Crippen LogP contribution in [0.2, 0.25) is 0 Å². The van der Waals surface area contributed by atoms with Gasteiger partial charge in [-0.25, -0.2) is 0 Å². The van der Waals surface area contributed by atoms with Crippen molar-refractivity contribution >= 4 is 17.7 Å². The lowest BCUT2D eigenvalue weighted by Crippen LogP contribution is -2.59. The number of nitrogens with one attached hydrogen (secondary N) is 2. The summed E-state index contributed by atoms with van der Waals surface area (Å²) in [5.74, 6) is -2.45. The molecule has 110 valence electrons. The summed E-state index contributed by atoms with van der Waals surface area (Å²) in [5, 5.41) is 40.9. The molecule has 19 heavy (non-hydrogen) atoms. The van der Waals surface area contributed by atoms with E-state index in [1.807, 2.05) is 10.6 Å². The van der Waals surface area contributed by atoms with E-state index in [1.54, 1.807) is 0 Å². The fourth-order valence-corrected chi connectivity index (χ4v) is 1.31. The van der Waals surface area contributed by atoms with Gasteiger partial charge >= 0.3 is 0 Å². The van der Waals surface area contributed by atoms with Gasteiger partial charge in [-0.1, -0.05) is 0 Å². The van der Waals surface area contributed by atoms with Crippen LogP contribution in [0, 0.1) is 0 Å². The highest BCUT2D eigenvalue weighted by Crippen LogP contribution is 2.05. The number of amides is 3. The van der Waals surface area contributed by atoms with Crippen LogP contribution in [-0.2, 0) is 14.4 Å². The third kappa shape index (κ3) is 5.75. The Morgan fingerprint density at radius 1 is 1.00 bits per heavy atom. The molecular weight excluding hydrogens is 260 g/mol. The van der Waals surface area contributed by atoms with Gasteiger partial charge in [-0.2, -0.15) is 0 Å². The average molecular weight is 278 g/mol. The number of imide groups is 1. The molecular formula is C10H18N2O7. The molecule has 0 aromatic heterocycles. The largest absolute Gasteiger partial charge is 0.394 e. The molecule has 0 heterocycles. The van der Waals surface area contributed by atoms with Crippen molar-refractivity contribution in [2.75, 3.05) is 6.61 Å². The summed E-state index contributed by atoms with van der Waals surface area (Å²) < 4.78 is 0. The van der Waals surface area contributed by atoms with Crippen molar-refractivity contribution in [3.63, 3.8) is 0 Å². The highest BCUT2D eigenvalue weighted by atomic mass is 16.4. The van der Waals surface area contributed by atoms with Crippen molar-refractivity contribution in [1.82, 2.24) is 10.6 Å². The first-order chi connectivity index (χ1) is 8.70. The van der Waals surface area contributed by atoms with E-state index < -0.39 is 48.7 Å². The van der Waals surface area contributed by atoms with Gasteiger partial charge in [0.1, 0.15) is 24.4 Å². The molecule has 0 fully saturated rings. The molecule has 0 radical (unpaired) electrons. The van der Waals surface area contributed by atoms with E-state index in [-0.39, 0.29) is 0 Å². The summed E-state index contributed by atoms with van der Waals surface area (Å²) in [4.78, 5) is 33.3. The number of hydrogen-bond acceptors (Lipinski definition) is 7. The first-order valence-electron chi connectivity index (χ1n) is 5.44. The second-order valence-corrected chi connectivity index (χ2v) is 3.95. The van der Waals surface area contributed by atoms with Crippen LogP contribution in [0.25, 0.3) is 0 Å². The average Bonchev–Trinajstić information content (AvgIpc) is 2.31. The summed E-state index contributed by atoms with van der Waals surface area (Å²) in [6.45, 7) is 1.27. The molecule has 0 spiro atoms. The minimum Gasteiger partial charge on any atom is -0.394 e. The summed E-state index contributed by atoms with van der Waals surface area (Å²) in [5.41, 5.74) is 0. The maximum atomic E-state index is 11.6. The summed E-state index contributed by atoms with van der Waals surface area (Å²) >= 11 is 0. The Balaban J connectivity index is 4.96. The zero-order valence-electron chi connectivity index (χ0n) is 10.5. The fourth-order valence-electron chi connectivity index (χ4n) is 1.31. The Morgan fingerprint density at radius 2 is 1.53 bits per heavy atom. The summed E-state index contributed by atoms with van der Waals surface area (Å²) in [6.07, 6.45) is -5.47. The van der Waals surface area contributed by atoms with Gasteiger partial charge in [-0.15, -0.1) is 0 Å². The third-order valence-corrected chi connectivity index (χ3v) is 2.21. The molecule has 0 aliphatic heterocycles. The standard InChI is InChI=1S/C10H18N2O7/c1-4(14)11-7(10(19)12-5(2)15)9(18)8(17)6(16)3-13/h6-9,13,16-18H,3H2,1-2H3,(H,11,14)(H,12,15,19)/t6-,7-,8-,9-/m1/s1. The molecule has 0 aromatic rings. The molecule has 0 aliphatic carbocycles. The van der Waals surface area contributed by atoms with Crippen LogP contribution in [0.1, 0.15) is 13.8 Å². The lowest BCUT2D eigenvalue weighted by atomic mass is 10.0. The van der Waals surface area contributed by atoms with Crippen molar-refractivity contribution in [2.45, 2.75) is 38.2 Å². The second-order valence-electron chi connectivity index (χ2n) is 3.95. The van der Waals surface area contributed by atoms with Gasteiger partial charge in [0.05, 0.1) is 6.61 Å². The monoisotopic (exact) mass is 278 g/mol. The number of aliphatic hydroxyl groups excluding tert-OH is 4. The van der Waals surface area contributed by atoms with Crippen LogP contribution in [0.15, 0.2) is 0 Å². The molecule has 3 amide bonds. The van der Waals surface area contributed by atoms with Crippen LogP contribution >= 0.6 is 0 Å². The lowest BCUT2D eigenvalue weighted by molar-refractivity contribution is -0.140. The molecule has 0 rings (SSSR count). The molecule has 9 heteroatoms. The van der Waals surface area contributed by atoms with Crippen molar-refractivity contribution in [2.24, 2.45) is 0 Å². The van der Waals surface area contributed by atoms with Gasteiger partial charge in [-0.05, 0) is 0 Å². The summed E-state index contributed by atoms with van der Waals surface area (Å²) in [7, 11) is 0. The van der Waals surface area contributed by atoms with Crippen molar-refractivity contribution < 1.29 is 34.8 Å². The zero-order chi connectivity index (χ0) is 15.2. The highest BCUT2D eigenvalue weighted by Gasteiger charge is 2.36. The van der Waals surface area contributed by atoms with Gasteiger partial charge in [0.15, 0.2) is 0 Å². The Morgan fingerprint density at radius 3 is 1.89 bits per heavy atom. The predicted octanol–water partition coefficient (Wildman–Crippen LogP) is -3.77. The van der Waals surface area contributed by atoms with Crippen molar-refractivity contribution in [1.29, 1.82) is 0 Å². The molecule has 0 saturated carbocycles. The SMILES string of the molecule is CC(=O)NC(=O)[C@H](NC(C)=O)[C@@H](O)[C@H](O)[C@H](O)CO. The number of hydrogen-bond donors (Lipinski definition) is 6. The number of carbonyl (C=O) groups is 3. The second kappa shape index (κ2) is 7.79. The first kappa shape index (κ1) is 17.4. The van der Waals surface area contributed by atoms with Crippen LogP contribution in [0.5, 0.6) is 0 Å². The van der Waals surface area contributed by atoms with Crippen LogP contribution < -0.4 is 10.6 Å². The zero-order valence-corrected chi connectivity index (χ0v) is 10.5. The third-order valence-electron chi connectivity index (χ3n) is 2.21. The molecule has 0 aliphatic rings. The Hall–Kier alpha value is -1.55. The van der Waals surface area contributed by atoms with Gasteiger partial charge in [0, 0.05) is 13.8 Å². The molecule has 6 N–H and O–H groups in total. The van der Waals surface area contributed by atoms with E-state index in [1.165, 1.54) is 0 Å². The number of carbonyl (C=O) groups excluding carboxylic acids is 3. The Kier molecular flexibility index (Phi) is 7.16. The smallest absolute Gasteiger partial charge is 0.251 e. The van der Waals surface area contributed by atoms with Gasteiger partial charge < -0.3 is 25.7 Å². The topological polar surface area (TPSA) is 156 Å². The molecule has 9 nitrogen and oxygen atoms in total. The Bertz CT molecular complexity index is 347. The van der Waals surface area contributed by atoms with Crippen LogP contribution in [0.4, 0.5) is 0 Å². The van der Waals surface area contributed by atoms with E-state index in [0.717, 1.165) is 13.8 Å². The van der Waals surface area contributed by atoms with Gasteiger partial charge in [0.2, 0.25) is 11.8 Å². The van der Waals surface area contributed by atoms with E-state index >= 15 is 0 Å². The first-order valence-corrected chi connectivity index (χ1v) is 5.44. The van der Waals surface area contributed by atoms with Gasteiger partial charge in [0.25, 0.3) is 5.91 Å². The van der Waals surface area contributed by atoms with E-state index in [4.69, 9.17) is 5.11 Å². The van der Waals surface area contributed by atoms with E-state index in [9.17, 15) is 29.7 Å². The molecule has 0 saturated heterocycles. The minimum absolute atomic E-state index is 0.687. The molecule has 0 unspecified atom stereocenters. The van der Waals surface area contributed by atoms with Crippen molar-refractivity contribution in [3.8, 4) is 0 Å². The Labute approximate surface area is 109 Å². The van der Waals surface area contributed by atoms with Crippen LogP contribution in [-0.4, -0.2) is 69.1 Å². The van der Waals surface area contributed by atoms with E-state index in [2.05, 4.69) is 0 Å². The van der Waals surface area contributed by atoms with Gasteiger partial charge in [-0.3, -0.25) is 19.7 Å². The molecule has 4 atom stereocenters. The normalized spacial score (nSPS) is 16.9. The molecule has 0 aromatic carbocycles. The minimum atomic E-state index is -1.90. The fraction of sp³-hybridized carbons (Fsp3) is 0.700. The lowest BCUT2D eigenvalue weighted by Gasteiger charge is -2.28. The molecule has 0 bridgehead atoms. The maximum absolute atomic E-state index is 11.6. The maximum Gasteiger partial charge on any atom is 0.251 e.